The Balaban J connectivity index is 1.76. The van der Waals surface area contributed by atoms with Crippen LogP contribution in [0.15, 0.2) is 54.9 Å². The number of nitrogens with zero attached hydrogens (tertiary/aromatic N) is 3. The van der Waals surface area contributed by atoms with Crippen molar-refractivity contribution >= 4 is 23.2 Å². The van der Waals surface area contributed by atoms with Crippen molar-refractivity contribution in [2.24, 2.45) is 0 Å². The molecule has 0 aliphatic carbocycles. The summed E-state index contributed by atoms with van der Waals surface area (Å²) in [6, 6.07) is 14.3. The molecule has 3 aromatic rings. The third-order valence-electron chi connectivity index (χ3n) is 4.23. The molecule has 1 amide bonds. The van der Waals surface area contributed by atoms with Crippen LogP contribution >= 0.6 is 0 Å². The lowest BCUT2D eigenvalue weighted by molar-refractivity contribution is -0.383. The van der Waals surface area contributed by atoms with Gasteiger partial charge in [0.1, 0.15) is 12.1 Å². The Morgan fingerprint density at radius 2 is 1.80 bits per heavy atom. The second-order valence-electron chi connectivity index (χ2n) is 6.30. The van der Waals surface area contributed by atoms with Crippen LogP contribution in [0, 0.1) is 17.0 Å². The molecule has 0 atom stereocenters. The van der Waals surface area contributed by atoms with Crippen molar-refractivity contribution < 1.29 is 14.5 Å². The second-order valence-corrected chi connectivity index (χ2v) is 6.30. The fourth-order valence-electron chi connectivity index (χ4n) is 2.68. The highest BCUT2D eigenvalue weighted by molar-refractivity contribution is 5.97. The molecule has 154 valence electrons. The molecule has 30 heavy (non-hydrogen) atoms. The van der Waals surface area contributed by atoms with Gasteiger partial charge in [-0.2, -0.15) is 0 Å². The zero-order valence-electron chi connectivity index (χ0n) is 16.4. The number of nitro groups is 1. The van der Waals surface area contributed by atoms with Crippen molar-refractivity contribution in [3.8, 4) is 5.75 Å². The maximum absolute atomic E-state index is 12.4. The summed E-state index contributed by atoms with van der Waals surface area (Å²) in [4.78, 5) is 31.3. The predicted molar refractivity (Wildman–Crippen MR) is 111 cm³/mol. The maximum atomic E-state index is 12.4. The van der Waals surface area contributed by atoms with Crippen LogP contribution in [0.3, 0.4) is 0 Å². The first-order valence-electron chi connectivity index (χ1n) is 8.97. The van der Waals surface area contributed by atoms with Gasteiger partial charge in [0.05, 0.1) is 17.6 Å². The average Bonchev–Trinajstić information content (AvgIpc) is 2.76. The Kier molecular flexibility index (Phi) is 6.38. The number of carbonyl (C=O) groups excluding carboxylic acids is 1. The van der Waals surface area contributed by atoms with Gasteiger partial charge in [0.2, 0.25) is 11.6 Å². The smallest absolute Gasteiger partial charge is 0.354 e. The van der Waals surface area contributed by atoms with Gasteiger partial charge in [-0.1, -0.05) is 42.0 Å². The largest absolute Gasteiger partial charge is 0.496 e. The van der Waals surface area contributed by atoms with Gasteiger partial charge in [0.15, 0.2) is 0 Å². The Bertz CT molecular complexity index is 1060. The van der Waals surface area contributed by atoms with E-state index in [1.54, 1.807) is 24.3 Å². The van der Waals surface area contributed by atoms with Crippen molar-refractivity contribution in [3.05, 3.63) is 81.7 Å². The predicted octanol–water partition coefficient (Wildman–Crippen LogP) is 3.07. The minimum absolute atomic E-state index is 0.0321. The minimum Gasteiger partial charge on any atom is -0.496 e. The molecule has 0 radical (unpaired) electrons. The van der Waals surface area contributed by atoms with Gasteiger partial charge in [-0.25, -0.2) is 9.97 Å². The molecule has 1 aromatic heterocycles. The number of methoxy groups -OCH3 is 1. The van der Waals surface area contributed by atoms with E-state index in [-0.39, 0.29) is 22.9 Å². The van der Waals surface area contributed by atoms with Crippen molar-refractivity contribution in [2.45, 2.75) is 13.5 Å². The second kappa shape index (κ2) is 9.32. The van der Waals surface area contributed by atoms with Gasteiger partial charge >= 0.3 is 5.69 Å². The zero-order chi connectivity index (χ0) is 21.5. The van der Waals surface area contributed by atoms with Crippen LogP contribution in [0.25, 0.3) is 0 Å². The Hall–Kier alpha value is -4.21. The fraction of sp³-hybridized carbons (Fsp3) is 0.150. The average molecular weight is 408 g/mol. The van der Waals surface area contributed by atoms with Crippen molar-refractivity contribution in [1.82, 2.24) is 15.4 Å². The van der Waals surface area contributed by atoms with E-state index >= 15 is 0 Å². The van der Waals surface area contributed by atoms with E-state index in [9.17, 15) is 14.9 Å². The quantitative estimate of drug-likeness (QED) is 0.383. The number of hydrazine groups is 1. The molecular formula is C20H20N6O4. The third kappa shape index (κ3) is 4.79. The summed E-state index contributed by atoms with van der Waals surface area (Å²) in [6.45, 7) is 2.31. The zero-order valence-corrected chi connectivity index (χ0v) is 16.4. The summed E-state index contributed by atoms with van der Waals surface area (Å²) in [5.74, 6) is -0.279. The van der Waals surface area contributed by atoms with Gasteiger partial charge in [0.25, 0.3) is 5.91 Å². The van der Waals surface area contributed by atoms with Crippen LogP contribution in [0.5, 0.6) is 5.75 Å². The van der Waals surface area contributed by atoms with E-state index in [0.717, 1.165) is 11.1 Å². The molecule has 0 saturated heterocycles. The van der Waals surface area contributed by atoms with Gasteiger partial charge in [0, 0.05) is 6.54 Å². The van der Waals surface area contributed by atoms with Crippen LogP contribution in [-0.2, 0) is 6.54 Å². The number of hydrogen-bond acceptors (Lipinski definition) is 8. The number of amides is 1. The number of hydrogen-bond donors (Lipinski definition) is 3. The lowest BCUT2D eigenvalue weighted by Crippen LogP contribution is -2.30. The van der Waals surface area contributed by atoms with Gasteiger partial charge in [-0.05, 0) is 24.6 Å². The van der Waals surface area contributed by atoms with E-state index in [2.05, 4.69) is 26.1 Å². The van der Waals surface area contributed by atoms with E-state index in [0.29, 0.717) is 12.3 Å². The number of aromatic nitrogens is 2. The van der Waals surface area contributed by atoms with Crippen molar-refractivity contribution in [3.63, 3.8) is 0 Å². The number of para-hydroxylation sites is 1. The number of anilines is 2. The number of rotatable bonds is 8. The standard InChI is InChI=1S/C20H20N6O4/c1-13-7-9-14(10-8-13)11-21-18-17(26(28)29)19(23-12-22-18)24-25-20(27)15-5-3-4-6-16(15)30-2/h3-10,12H,11H2,1-2H3,(H,25,27)(H2,21,22,23,24). The van der Waals surface area contributed by atoms with E-state index < -0.39 is 10.8 Å². The van der Waals surface area contributed by atoms with E-state index in [1.165, 1.54) is 13.4 Å². The molecule has 0 spiro atoms. The summed E-state index contributed by atoms with van der Waals surface area (Å²) >= 11 is 0. The van der Waals surface area contributed by atoms with Crippen LogP contribution in [0.4, 0.5) is 17.3 Å². The SMILES string of the molecule is COc1ccccc1C(=O)NNc1ncnc(NCc2ccc(C)cc2)c1[N+](=O)[O-]. The molecule has 0 fully saturated rings. The van der Waals surface area contributed by atoms with Crippen LogP contribution < -0.4 is 20.9 Å². The Morgan fingerprint density at radius 3 is 2.50 bits per heavy atom. The Labute approximate surface area is 172 Å². The van der Waals surface area contributed by atoms with Crippen LogP contribution in [-0.4, -0.2) is 27.9 Å². The molecule has 0 aliphatic heterocycles. The first kappa shape index (κ1) is 20.5. The number of benzene rings is 2. The van der Waals surface area contributed by atoms with E-state index in [1.807, 2.05) is 31.2 Å². The van der Waals surface area contributed by atoms with Gasteiger partial charge in [-0.3, -0.25) is 25.8 Å². The lowest BCUT2D eigenvalue weighted by Gasteiger charge is -2.12. The summed E-state index contributed by atoms with van der Waals surface area (Å²) in [5.41, 5.74) is 6.84. The highest BCUT2D eigenvalue weighted by Crippen LogP contribution is 2.29. The summed E-state index contributed by atoms with van der Waals surface area (Å²) in [5, 5.41) is 14.6. The minimum atomic E-state index is -0.616. The normalized spacial score (nSPS) is 10.2. The topological polar surface area (TPSA) is 131 Å². The molecule has 1 heterocycles. The molecule has 2 aromatic carbocycles. The Morgan fingerprint density at radius 1 is 1.10 bits per heavy atom. The number of ether oxygens (including phenoxy) is 1. The fourth-order valence-corrected chi connectivity index (χ4v) is 2.68. The highest BCUT2D eigenvalue weighted by Gasteiger charge is 2.23. The highest BCUT2D eigenvalue weighted by atomic mass is 16.6. The first-order valence-corrected chi connectivity index (χ1v) is 8.97. The summed E-state index contributed by atoms with van der Waals surface area (Å²) in [7, 11) is 1.45. The monoisotopic (exact) mass is 408 g/mol. The van der Waals surface area contributed by atoms with Crippen molar-refractivity contribution in [2.75, 3.05) is 17.9 Å². The van der Waals surface area contributed by atoms with Crippen LogP contribution in [0.1, 0.15) is 21.5 Å². The molecule has 3 rings (SSSR count). The molecule has 0 saturated carbocycles. The molecule has 10 nitrogen and oxygen atoms in total. The van der Waals surface area contributed by atoms with Gasteiger partial charge in [-0.15, -0.1) is 0 Å². The summed E-state index contributed by atoms with van der Waals surface area (Å²) in [6.07, 6.45) is 1.17. The molecule has 0 bridgehead atoms. The molecular weight excluding hydrogens is 388 g/mol. The molecule has 0 aliphatic rings. The summed E-state index contributed by atoms with van der Waals surface area (Å²) < 4.78 is 5.15. The van der Waals surface area contributed by atoms with Crippen molar-refractivity contribution in [1.29, 1.82) is 0 Å². The number of nitrogens with one attached hydrogen (secondary N) is 3. The third-order valence-corrected chi connectivity index (χ3v) is 4.23. The molecule has 3 N–H and O–H groups in total. The first-order chi connectivity index (χ1) is 14.5. The molecule has 10 heteroatoms. The van der Waals surface area contributed by atoms with Gasteiger partial charge < -0.3 is 10.1 Å². The number of aryl methyl sites for hydroxylation is 1. The maximum Gasteiger partial charge on any atom is 0.354 e. The van der Waals surface area contributed by atoms with E-state index in [4.69, 9.17) is 4.74 Å². The lowest BCUT2D eigenvalue weighted by atomic mass is 10.1. The number of carbonyl (C=O) groups is 1. The van der Waals surface area contributed by atoms with Crippen LogP contribution in [0.2, 0.25) is 0 Å². The molecule has 0 unspecified atom stereocenters.